The molecule has 1 aromatic heterocycles. The number of hydrogen-bond donors (Lipinski definition) is 1. The zero-order chi connectivity index (χ0) is 22.7. The molecular formula is C24H20N2O6. The van der Waals surface area contributed by atoms with Crippen LogP contribution in [-0.2, 0) is 16.1 Å². The van der Waals surface area contributed by atoms with Crippen molar-refractivity contribution in [1.82, 2.24) is 10.2 Å². The van der Waals surface area contributed by atoms with E-state index in [1.54, 1.807) is 12.2 Å². The molecule has 0 atom stereocenters. The SMILES string of the molecule is C=CCOc1ccc2ccccc2c1/C=C1\NC(=O)N(Cc2ccc(C(=O)OC)o2)C1=O. The van der Waals surface area contributed by atoms with Crippen LogP contribution in [0.4, 0.5) is 4.79 Å². The number of nitrogens with zero attached hydrogens (tertiary/aromatic N) is 1. The smallest absolute Gasteiger partial charge is 0.373 e. The number of fused-ring (bicyclic) bond motifs is 1. The van der Waals surface area contributed by atoms with Gasteiger partial charge in [0.05, 0.1) is 13.7 Å². The van der Waals surface area contributed by atoms with Crippen molar-refractivity contribution in [2.75, 3.05) is 13.7 Å². The number of rotatable bonds is 7. The van der Waals surface area contributed by atoms with Crippen LogP contribution in [0.3, 0.4) is 0 Å². The fourth-order valence-corrected chi connectivity index (χ4v) is 3.39. The Labute approximate surface area is 183 Å². The molecular weight excluding hydrogens is 412 g/mol. The van der Waals surface area contributed by atoms with Crippen molar-refractivity contribution in [3.8, 4) is 5.75 Å². The van der Waals surface area contributed by atoms with Crippen LogP contribution in [0.25, 0.3) is 16.8 Å². The van der Waals surface area contributed by atoms with Gasteiger partial charge in [0, 0.05) is 5.56 Å². The zero-order valence-electron chi connectivity index (χ0n) is 17.3. The van der Waals surface area contributed by atoms with Crippen molar-refractivity contribution in [1.29, 1.82) is 0 Å². The molecule has 0 spiro atoms. The van der Waals surface area contributed by atoms with Gasteiger partial charge in [-0.2, -0.15) is 0 Å². The highest BCUT2D eigenvalue weighted by molar-refractivity contribution is 6.14. The number of benzene rings is 2. The van der Waals surface area contributed by atoms with Gasteiger partial charge in [0.25, 0.3) is 5.91 Å². The number of imide groups is 1. The Morgan fingerprint density at radius 2 is 1.97 bits per heavy atom. The number of urea groups is 1. The molecule has 32 heavy (non-hydrogen) atoms. The number of ether oxygens (including phenoxy) is 2. The molecule has 3 aromatic rings. The molecule has 1 aliphatic rings. The van der Waals surface area contributed by atoms with Crippen LogP contribution in [0, 0.1) is 0 Å². The van der Waals surface area contributed by atoms with E-state index in [9.17, 15) is 14.4 Å². The molecule has 1 saturated heterocycles. The van der Waals surface area contributed by atoms with E-state index in [-0.39, 0.29) is 23.8 Å². The van der Waals surface area contributed by atoms with Crippen LogP contribution < -0.4 is 10.1 Å². The molecule has 1 N–H and O–H groups in total. The summed E-state index contributed by atoms with van der Waals surface area (Å²) < 4.78 is 15.7. The van der Waals surface area contributed by atoms with Gasteiger partial charge in [-0.3, -0.25) is 9.69 Å². The van der Waals surface area contributed by atoms with Gasteiger partial charge in [-0.1, -0.05) is 43.0 Å². The van der Waals surface area contributed by atoms with Gasteiger partial charge in [-0.25, -0.2) is 9.59 Å². The van der Waals surface area contributed by atoms with E-state index in [1.165, 1.54) is 19.2 Å². The maximum atomic E-state index is 13.0. The third kappa shape index (κ3) is 3.98. The Bertz CT molecular complexity index is 1260. The zero-order valence-corrected chi connectivity index (χ0v) is 17.3. The molecule has 162 valence electrons. The number of furan rings is 1. The minimum Gasteiger partial charge on any atom is -0.489 e. The monoisotopic (exact) mass is 432 g/mol. The number of carbonyl (C=O) groups is 3. The van der Waals surface area contributed by atoms with E-state index in [2.05, 4.69) is 16.6 Å². The van der Waals surface area contributed by atoms with Gasteiger partial charge in [0.15, 0.2) is 0 Å². The summed E-state index contributed by atoms with van der Waals surface area (Å²) in [7, 11) is 1.24. The summed E-state index contributed by atoms with van der Waals surface area (Å²) in [6, 6.07) is 13.8. The number of methoxy groups -OCH3 is 1. The van der Waals surface area contributed by atoms with E-state index >= 15 is 0 Å². The summed E-state index contributed by atoms with van der Waals surface area (Å²) in [4.78, 5) is 38.0. The van der Waals surface area contributed by atoms with E-state index in [1.807, 2.05) is 36.4 Å². The number of amides is 3. The first kappa shape index (κ1) is 20.9. The molecule has 3 amide bonds. The van der Waals surface area contributed by atoms with E-state index < -0.39 is 17.9 Å². The molecule has 4 rings (SSSR count). The van der Waals surface area contributed by atoms with E-state index in [0.29, 0.717) is 17.9 Å². The minimum atomic E-state index is -0.642. The number of hydrogen-bond acceptors (Lipinski definition) is 6. The number of carbonyl (C=O) groups excluding carboxylic acids is 3. The average molecular weight is 432 g/mol. The molecule has 2 aromatic carbocycles. The van der Waals surface area contributed by atoms with Crippen LogP contribution in [0.15, 0.2) is 71.3 Å². The van der Waals surface area contributed by atoms with Gasteiger partial charge in [0.2, 0.25) is 5.76 Å². The van der Waals surface area contributed by atoms with Crippen LogP contribution >= 0.6 is 0 Å². The van der Waals surface area contributed by atoms with Crippen molar-refractivity contribution in [3.63, 3.8) is 0 Å². The third-order valence-corrected chi connectivity index (χ3v) is 4.90. The first-order valence-electron chi connectivity index (χ1n) is 9.79. The Morgan fingerprint density at radius 1 is 1.16 bits per heavy atom. The summed E-state index contributed by atoms with van der Waals surface area (Å²) in [6.45, 7) is 3.83. The second kappa shape index (κ2) is 8.81. The first-order chi connectivity index (χ1) is 15.5. The summed E-state index contributed by atoms with van der Waals surface area (Å²) in [5, 5.41) is 4.43. The van der Waals surface area contributed by atoms with E-state index in [0.717, 1.165) is 15.7 Å². The summed E-state index contributed by atoms with van der Waals surface area (Å²) >= 11 is 0. The van der Waals surface area contributed by atoms with Gasteiger partial charge < -0.3 is 19.2 Å². The normalized spacial score (nSPS) is 14.7. The predicted octanol–water partition coefficient (Wildman–Crippen LogP) is 3.88. The Hall–Kier alpha value is -4.33. The highest BCUT2D eigenvalue weighted by Gasteiger charge is 2.34. The van der Waals surface area contributed by atoms with Gasteiger partial charge >= 0.3 is 12.0 Å². The van der Waals surface area contributed by atoms with Crippen LogP contribution in [0.5, 0.6) is 5.75 Å². The maximum Gasteiger partial charge on any atom is 0.373 e. The molecule has 1 aliphatic heterocycles. The molecule has 0 bridgehead atoms. The second-order valence-electron chi connectivity index (χ2n) is 6.94. The van der Waals surface area contributed by atoms with Gasteiger partial charge in [-0.05, 0) is 35.0 Å². The summed E-state index contributed by atoms with van der Waals surface area (Å²) in [5.41, 5.74) is 0.774. The fourth-order valence-electron chi connectivity index (χ4n) is 3.39. The third-order valence-electron chi connectivity index (χ3n) is 4.90. The lowest BCUT2D eigenvalue weighted by molar-refractivity contribution is -0.123. The quantitative estimate of drug-likeness (QED) is 0.263. The lowest BCUT2D eigenvalue weighted by Crippen LogP contribution is -2.30. The Kier molecular flexibility index (Phi) is 5.76. The lowest BCUT2D eigenvalue weighted by atomic mass is 10.0. The topological polar surface area (TPSA) is 98.1 Å². The van der Waals surface area contributed by atoms with Crippen molar-refractivity contribution in [2.24, 2.45) is 0 Å². The molecule has 0 unspecified atom stereocenters. The Balaban J connectivity index is 1.65. The van der Waals surface area contributed by atoms with Crippen LogP contribution in [0.2, 0.25) is 0 Å². The standard InChI is InChI=1S/C24H20N2O6/c1-3-12-31-20-10-8-15-6-4-5-7-17(15)18(20)13-19-22(27)26(24(29)25-19)14-16-9-11-21(32-16)23(28)30-2/h3-11,13H,1,12,14H2,2H3,(H,25,29)/b19-13-. The summed E-state index contributed by atoms with van der Waals surface area (Å²) in [6.07, 6.45) is 3.23. The average Bonchev–Trinajstić information content (AvgIpc) is 3.38. The van der Waals surface area contributed by atoms with Crippen LogP contribution in [0.1, 0.15) is 21.9 Å². The number of nitrogens with one attached hydrogen (secondary N) is 1. The molecule has 8 heteroatoms. The predicted molar refractivity (Wildman–Crippen MR) is 117 cm³/mol. The van der Waals surface area contributed by atoms with Crippen LogP contribution in [-0.4, -0.2) is 36.5 Å². The van der Waals surface area contributed by atoms with Gasteiger partial charge in [-0.15, -0.1) is 0 Å². The van der Waals surface area contributed by atoms with Gasteiger partial charge in [0.1, 0.15) is 23.8 Å². The summed E-state index contributed by atoms with van der Waals surface area (Å²) in [5.74, 6) is -0.337. The molecule has 0 radical (unpaired) electrons. The molecule has 2 heterocycles. The van der Waals surface area contributed by atoms with Crippen molar-refractivity contribution in [3.05, 3.63) is 84.0 Å². The molecule has 8 nitrogen and oxygen atoms in total. The highest BCUT2D eigenvalue weighted by atomic mass is 16.5. The first-order valence-corrected chi connectivity index (χ1v) is 9.79. The van der Waals surface area contributed by atoms with E-state index in [4.69, 9.17) is 9.15 Å². The van der Waals surface area contributed by atoms with Crippen molar-refractivity contribution in [2.45, 2.75) is 6.54 Å². The molecule has 0 saturated carbocycles. The van der Waals surface area contributed by atoms with Crippen molar-refractivity contribution < 1.29 is 28.3 Å². The molecule has 0 aliphatic carbocycles. The fraction of sp³-hybridized carbons (Fsp3) is 0.125. The Morgan fingerprint density at radius 3 is 2.75 bits per heavy atom. The second-order valence-corrected chi connectivity index (χ2v) is 6.94. The maximum absolute atomic E-state index is 13.0. The highest BCUT2D eigenvalue weighted by Crippen LogP contribution is 2.31. The lowest BCUT2D eigenvalue weighted by Gasteiger charge is -2.11. The number of esters is 1. The minimum absolute atomic E-state index is 0.00918. The molecule has 1 fully saturated rings. The van der Waals surface area contributed by atoms with Crippen molar-refractivity contribution >= 4 is 34.8 Å². The largest absolute Gasteiger partial charge is 0.489 e.